The average Bonchev–Trinajstić information content (AvgIpc) is 3.44. The van der Waals surface area contributed by atoms with E-state index in [4.69, 9.17) is 9.57 Å². The van der Waals surface area contributed by atoms with Crippen molar-refractivity contribution in [3.63, 3.8) is 0 Å². The van der Waals surface area contributed by atoms with E-state index in [0.29, 0.717) is 12.0 Å². The van der Waals surface area contributed by atoms with Gasteiger partial charge in [-0.15, -0.1) is 0 Å². The standard InChI is InChI=1S/C32H29NO4/c1-20-27(34)16-18-31(2)17-15-25-29(28(20)31)36-30(35)32(25)19-26(33(37-32)22-11-4-3-5-12-22)24-14-8-10-21-9-6-7-13-23(21)24/h3-14,16,18,25-26,29H,15,17,19H2,1-2H3/t25-,26+,29+,31+,32+/m1/s1. The van der Waals surface area contributed by atoms with Crippen LogP contribution < -0.4 is 5.06 Å². The van der Waals surface area contributed by atoms with Crippen LogP contribution in [0.15, 0.2) is 96.1 Å². The Balaban J connectivity index is 1.36. The highest BCUT2D eigenvalue weighted by Gasteiger charge is 2.68. The minimum Gasteiger partial charge on any atom is -0.455 e. The van der Waals surface area contributed by atoms with Gasteiger partial charge in [0, 0.05) is 23.3 Å². The second kappa shape index (κ2) is 7.90. The number of ketones is 1. The maximum Gasteiger partial charge on any atom is 0.342 e. The zero-order chi connectivity index (χ0) is 25.4. The Labute approximate surface area is 216 Å². The van der Waals surface area contributed by atoms with Crippen LogP contribution in [0.1, 0.15) is 44.7 Å². The molecule has 5 nitrogen and oxygen atoms in total. The lowest BCUT2D eigenvalue weighted by atomic mass is 9.60. The fourth-order valence-electron chi connectivity index (χ4n) is 7.16. The molecule has 7 rings (SSSR count). The van der Waals surface area contributed by atoms with Crippen molar-refractivity contribution in [2.24, 2.45) is 11.3 Å². The second-order valence-electron chi connectivity index (χ2n) is 11.1. The fourth-order valence-corrected chi connectivity index (χ4v) is 7.16. The molecule has 0 radical (unpaired) electrons. The van der Waals surface area contributed by atoms with E-state index < -0.39 is 11.7 Å². The summed E-state index contributed by atoms with van der Waals surface area (Å²) in [7, 11) is 0. The van der Waals surface area contributed by atoms with Crippen LogP contribution in [0.3, 0.4) is 0 Å². The summed E-state index contributed by atoms with van der Waals surface area (Å²) in [5, 5.41) is 4.23. The Hall–Kier alpha value is -3.70. The zero-order valence-electron chi connectivity index (χ0n) is 21.0. The molecule has 2 heterocycles. The number of carbonyl (C=O) groups is 2. The number of rotatable bonds is 2. The van der Waals surface area contributed by atoms with Crippen LogP contribution >= 0.6 is 0 Å². The number of fused-ring (bicyclic) bond motifs is 5. The fraction of sp³-hybridized carbons (Fsp3) is 0.312. The topological polar surface area (TPSA) is 55.8 Å². The molecule has 2 aliphatic carbocycles. The minimum absolute atomic E-state index is 0.00277. The average molecular weight is 492 g/mol. The Kier molecular flexibility index (Phi) is 4.80. The number of anilines is 1. The van der Waals surface area contributed by atoms with Crippen LogP contribution in [0.25, 0.3) is 10.8 Å². The van der Waals surface area contributed by atoms with Crippen LogP contribution in [0, 0.1) is 11.3 Å². The van der Waals surface area contributed by atoms with E-state index in [-0.39, 0.29) is 29.1 Å². The third kappa shape index (κ3) is 3.13. The molecule has 3 aromatic carbocycles. The molecular formula is C32H29NO4. The molecule has 0 aromatic heterocycles. The predicted octanol–water partition coefficient (Wildman–Crippen LogP) is 6.26. The number of hydrogen-bond donors (Lipinski definition) is 0. The van der Waals surface area contributed by atoms with Gasteiger partial charge in [-0.1, -0.05) is 73.7 Å². The largest absolute Gasteiger partial charge is 0.455 e. The van der Waals surface area contributed by atoms with Gasteiger partial charge in [0.05, 0.1) is 11.7 Å². The van der Waals surface area contributed by atoms with Crippen molar-refractivity contribution in [2.45, 2.75) is 50.9 Å². The van der Waals surface area contributed by atoms with Crippen LogP contribution in [-0.4, -0.2) is 23.5 Å². The van der Waals surface area contributed by atoms with Gasteiger partial charge >= 0.3 is 5.97 Å². The summed E-state index contributed by atoms with van der Waals surface area (Å²) in [6, 6.07) is 24.5. The number of esters is 1. The first-order valence-electron chi connectivity index (χ1n) is 13.1. The third-order valence-corrected chi connectivity index (χ3v) is 9.03. The van der Waals surface area contributed by atoms with Crippen LogP contribution in [0.4, 0.5) is 5.69 Å². The van der Waals surface area contributed by atoms with Crippen molar-refractivity contribution in [2.75, 3.05) is 5.06 Å². The van der Waals surface area contributed by atoms with Gasteiger partial charge < -0.3 is 4.74 Å². The minimum atomic E-state index is -1.11. The molecule has 186 valence electrons. The van der Waals surface area contributed by atoms with Crippen molar-refractivity contribution in [3.8, 4) is 0 Å². The molecule has 0 amide bonds. The highest BCUT2D eigenvalue weighted by atomic mass is 16.7. The van der Waals surface area contributed by atoms with E-state index in [0.717, 1.165) is 40.4 Å². The highest BCUT2D eigenvalue weighted by Crippen LogP contribution is 2.60. The summed E-state index contributed by atoms with van der Waals surface area (Å²) in [5.41, 5.74) is 2.29. The number of hydroxylamine groups is 1. The smallest absolute Gasteiger partial charge is 0.342 e. The Bertz CT molecular complexity index is 1500. The van der Waals surface area contributed by atoms with E-state index in [1.807, 2.05) is 54.5 Å². The van der Waals surface area contributed by atoms with Crippen molar-refractivity contribution in [1.29, 1.82) is 0 Å². The normalized spacial score (nSPS) is 32.7. The third-order valence-electron chi connectivity index (χ3n) is 9.03. The van der Waals surface area contributed by atoms with Gasteiger partial charge in [0.1, 0.15) is 6.10 Å². The van der Waals surface area contributed by atoms with Crippen molar-refractivity contribution >= 4 is 28.2 Å². The predicted molar refractivity (Wildman–Crippen MR) is 142 cm³/mol. The summed E-state index contributed by atoms with van der Waals surface area (Å²) in [6.45, 7) is 4.01. The number of nitrogens with zero attached hydrogens (tertiary/aromatic N) is 1. The van der Waals surface area contributed by atoms with Crippen molar-refractivity contribution < 1.29 is 19.2 Å². The lowest BCUT2D eigenvalue weighted by Gasteiger charge is -2.44. The maximum atomic E-state index is 13.8. The monoisotopic (exact) mass is 491 g/mol. The molecule has 4 aliphatic rings. The Morgan fingerprint density at radius 3 is 2.54 bits per heavy atom. The molecule has 1 spiro atoms. The first-order valence-corrected chi connectivity index (χ1v) is 13.1. The lowest BCUT2D eigenvalue weighted by molar-refractivity contribution is -0.157. The number of ether oxygens (including phenoxy) is 1. The van der Waals surface area contributed by atoms with Crippen LogP contribution in [0.5, 0.6) is 0 Å². The molecule has 0 N–H and O–H groups in total. The van der Waals surface area contributed by atoms with Crippen LogP contribution in [-0.2, 0) is 19.2 Å². The first kappa shape index (κ1) is 22.5. The summed E-state index contributed by atoms with van der Waals surface area (Å²) in [5.74, 6) is -0.488. The quantitative estimate of drug-likeness (QED) is 0.396. The van der Waals surface area contributed by atoms with E-state index in [2.05, 4.69) is 43.3 Å². The van der Waals surface area contributed by atoms with Crippen molar-refractivity contribution in [3.05, 3.63) is 102 Å². The number of carbonyl (C=O) groups excluding carboxylic acids is 2. The van der Waals surface area contributed by atoms with E-state index in [1.165, 1.54) is 0 Å². The van der Waals surface area contributed by atoms with Gasteiger partial charge in [0.2, 0.25) is 5.60 Å². The first-order chi connectivity index (χ1) is 17.9. The van der Waals surface area contributed by atoms with Gasteiger partial charge in [0.15, 0.2) is 5.78 Å². The Morgan fingerprint density at radius 1 is 0.946 bits per heavy atom. The van der Waals surface area contributed by atoms with E-state index in [1.54, 1.807) is 6.08 Å². The molecule has 37 heavy (non-hydrogen) atoms. The summed E-state index contributed by atoms with van der Waals surface area (Å²) < 4.78 is 6.18. The van der Waals surface area contributed by atoms with Gasteiger partial charge in [0.25, 0.3) is 0 Å². The number of benzene rings is 3. The van der Waals surface area contributed by atoms with Crippen molar-refractivity contribution in [1.82, 2.24) is 0 Å². The molecule has 0 unspecified atom stereocenters. The van der Waals surface area contributed by atoms with Crippen LogP contribution in [0.2, 0.25) is 0 Å². The van der Waals surface area contributed by atoms with Gasteiger partial charge in [-0.3, -0.25) is 9.63 Å². The van der Waals surface area contributed by atoms with E-state index >= 15 is 0 Å². The Morgan fingerprint density at radius 2 is 1.70 bits per heavy atom. The maximum absolute atomic E-state index is 13.8. The number of allylic oxidation sites excluding steroid dienone is 3. The molecule has 0 bridgehead atoms. The lowest BCUT2D eigenvalue weighted by Crippen LogP contribution is -2.47. The number of hydrogen-bond acceptors (Lipinski definition) is 5. The molecule has 3 aromatic rings. The molecule has 2 saturated heterocycles. The zero-order valence-corrected chi connectivity index (χ0v) is 21.0. The summed E-state index contributed by atoms with van der Waals surface area (Å²) >= 11 is 0. The molecular weight excluding hydrogens is 462 g/mol. The second-order valence-corrected chi connectivity index (χ2v) is 11.1. The van der Waals surface area contributed by atoms with Gasteiger partial charge in [-0.2, -0.15) is 0 Å². The molecule has 5 heteroatoms. The summed E-state index contributed by atoms with van der Waals surface area (Å²) in [4.78, 5) is 33.3. The highest BCUT2D eigenvalue weighted by molar-refractivity contribution is 6.06. The number of para-hydroxylation sites is 1. The molecule has 5 atom stereocenters. The van der Waals surface area contributed by atoms with Gasteiger partial charge in [-0.25, -0.2) is 9.86 Å². The van der Waals surface area contributed by atoms with Gasteiger partial charge in [-0.05, 0) is 59.9 Å². The summed E-state index contributed by atoms with van der Waals surface area (Å²) in [6.07, 6.45) is 5.33. The SMILES string of the molecule is CC1=C2[C@H]3OC(=O)[C@]4(C[C@@H](c5cccc6ccccc56)N(c5ccccc5)O4)[C@@H]3CC[C@@]2(C)C=CC1=O. The van der Waals surface area contributed by atoms with E-state index in [9.17, 15) is 9.59 Å². The molecule has 3 fully saturated rings. The molecule has 1 saturated carbocycles. The molecule has 2 aliphatic heterocycles.